The minimum atomic E-state index is -0.183. The van der Waals surface area contributed by atoms with Gasteiger partial charge >= 0.3 is 0 Å². The van der Waals surface area contributed by atoms with Gasteiger partial charge in [-0.15, -0.1) is 0 Å². The van der Waals surface area contributed by atoms with Gasteiger partial charge in [0.15, 0.2) is 0 Å². The summed E-state index contributed by atoms with van der Waals surface area (Å²) >= 11 is 0. The molecule has 0 fully saturated rings. The number of nitrogens with two attached hydrogens (primary N) is 1. The number of aryl methyl sites for hydroxylation is 2. The maximum absolute atomic E-state index is 13.3. The Morgan fingerprint density at radius 1 is 1.06 bits per heavy atom. The number of rotatable bonds is 2. The van der Waals surface area contributed by atoms with Crippen LogP contribution in [-0.2, 0) is 0 Å². The first kappa shape index (κ1) is 12.8. The van der Waals surface area contributed by atoms with E-state index in [9.17, 15) is 4.39 Å². The molecule has 0 aliphatic carbocycles. The summed E-state index contributed by atoms with van der Waals surface area (Å²) in [6, 6.07) is 11.3. The molecule has 2 rings (SSSR count). The molecule has 0 spiro atoms. The van der Waals surface area contributed by atoms with Crippen LogP contribution in [0.2, 0.25) is 0 Å². The first-order valence-electron chi connectivity index (χ1n) is 6.11. The normalized spacial score (nSPS) is 12.5. The lowest BCUT2D eigenvalue weighted by Gasteiger charge is -2.13. The van der Waals surface area contributed by atoms with E-state index in [-0.39, 0.29) is 11.9 Å². The van der Waals surface area contributed by atoms with E-state index < -0.39 is 0 Å². The van der Waals surface area contributed by atoms with Crippen LogP contribution in [0.1, 0.15) is 29.7 Å². The van der Waals surface area contributed by atoms with Gasteiger partial charge in [-0.25, -0.2) is 4.39 Å². The number of hydrogen-bond acceptors (Lipinski definition) is 1. The zero-order valence-corrected chi connectivity index (χ0v) is 11.0. The van der Waals surface area contributed by atoms with E-state index in [1.165, 1.54) is 0 Å². The Kier molecular flexibility index (Phi) is 3.48. The minimum Gasteiger partial charge on any atom is -0.324 e. The molecular weight excluding hydrogens is 225 g/mol. The molecule has 0 radical (unpaired) electrons. The molecule has 18 heavy (non-hydrogen) atoms. The number of hydrogen-bond donors (Lipinski definition) is 1. The fraction of sp³-hybridized carbons (Fsp3) is 0.250. The van der Waals surface area contributed by atoms with Crippen LogP contribution in [0.4, 0.5) is 4.39 Å². The highest BCUT2D eigenvalue weighted by atomic mass is 19.1. The van der Waals surface area contributed by atoms with Crippen LogP contribution >= 0.6 is 0 Å². The lowest BCUT2D eigenvalue weighted by Crippen LogP contribution is -2.04. The van der Waals surface area contributed by atoms with Gasteiger partial charge in [0.2, 0.25) is 0 Å². The lowest BCUT2D eigenvalue weighted by atomic mass is 9.93. The zero-order chi connectivity index (χ0) is 13.3. The van der Waals surface area contributed by atoms with Crippen molar-refractivity contribution in [2.75, 3.05) is 0 Å². The number of benzene rings is 2. The fourth-order valence-electron chi connectivity index (χ4n) is 2.34. The van der Waals surface area contributed by atoms with Gasteiger partial charge in [-0.1, -0.05) is 18.2 Å². The molecule has 1 unspecified atom stereocenters. The summed E-state index contributed by atoms with van der Waals surface area (Å²) < 4.78 is 13.3. The third kappa shape index (κ3) is 2.44. The second-order valence-electron chi connectivity index (χ2n) is 4.83. The minimum absolute atomic E-state index is 0.00557. The van der Waals surface area contributed by atoms with Gasteiger partial charge in [0.05, 0.1) is 0 Å². The Morgan fingerprint density at radius 3 is 2.22 bits per heavy atom. The van der Waals surface area contributed by atoms with E-state index in [1.54, 1.807) is 12.1 Å². The molecule has 0 heterocycles. The summed E-state index contributed by atoms with van der Waals surface area (Å²) in [7, 11) is 0. The molecule has 1 nitrogen and oxygen atoms in total. The van der Waals surface area contributed by atoms with Crippen molar-refractivity contribution >= 4 is 0 Å². The Morgan fingerprint density at radius 2 is 1.67 bits per heavy atom. The molecule has 2 aromatic carbocycles. The van der Waals surface area contributed by atoms with Gasteiger partial charge in [0.25, 0.3) is 0 Å². The van der Waals surface area contributed by atoms with Crippen molar-refractivity contribution in [1.29, 1.82) is 0 Å². The Labute approximate surface area is 107 Å². The Bertz CT molecular complexity index is 550. The highest BCUT2D eigenvalue weighted by Gasteiger charge is 2.09. The third-order valence-electron chi connectivity index (χ3n) is 3.20. The van der Waals surface area contributed by atoms with Gasteiger partial charge in [-0.3, -0.25) is 0 Å². The maximum Gasteiger partial charge on any atom is 0.123 e. The van der Waals surface area contributed by atoms with Gasteiger partial charge < -0.3 is 5.73 Å². The summed E-state index contributed by atoms with van der Waals surface area (Å²) in [5.74, 6) is -0.183. The third-order valence-corrected chi connectivity index (χ3v) is 3.20. The highest BCUT2D eigenvalue weighted by Crippen LogP contribution is 2.29. The molecule has 2 aromatic rings. The number of halogens is 1. The Balaban J connectivity index is 2.59. The molecular formula is C16H18FN. The largest absolute Gasteiger partial charge is 0.324 e. The first-order valence-corrected chi connectivity index (χ1v) is 6.11. The van der Waals surface area contributed by atoms with E-state index in [4.69, 9.17) is 5.73 Å². The van der Waals surface area contributed by atoms with Crippen molar-refractivity contribution in [3.05, 3.63) is 58.9 Å². The van der Waals surface area contributed by atoms with Crippen molar-refractivity contribution in [2.24, 2.45) is 5.73 Å². The predicted molar refractivity (Wildman–Crippen MR) is 73.9 cm³/mol. The molecule has 0 aliphatic heterocycles. The van der Waals surface area contributed by atoms with Gasteiger partial charge in [0, 0.05) is 6.04 Å². The van der Waals surface area contributed by atoms with E-state index in [0.717, 1.165) is 27.8 Å². The zero-order valence-electron chi connectivity index (χ0n) is 11.0. The molecule has 0 aliphatic rings. The fourth-order valence-corrected chi connectivity index (χ4v) is 2.34. The van der Waals surface area contributed by atoms with Crippen LogP contribution in [0.3, 0.4) is 0 Å². The standard InChI is InChI=1S/C16H18FN/c1-10-7-15(17)8-11(2)16(10)14-6-4-5-13(9-14)12(3)18/h4-9,12H,18H2,1-3H3. The molecule has 0 amide bonds. The van der Waals surface area contributed by atoms with E-state index >= 15 is 0 Å². The second kappa shape index (κ2) is 4.91. The molecule has 2 heteroatoms. The van der Waals surface area contributed by atoms with Crippen LogP contribution in [0.5, 0.6) is 0 Å². The van der Waals surface area contributed by atoms with E-state index in [0.29, 0.717) is 0 Å². The summed E-state index contributed by atoms with van der Waals surface area (Å²) in [6.45, 7) is 5.83. The van der Waals surface area contributed by atoms with Crippen LogP contribution in [-0.4, -0.2) is 0 Å². The van der Waals surface area contributed by atoms with Crippen molar-refractivity contribution < 1.29 is 4.39 Å². The first-order chi connectivity index (χ1) is 8.49. The second-order valence-corrected chi connectivity index (χ2v) is 4.83. The van der Waals surface area contributed by atoms with Crippen LogP contribution in [0, 0.1) is 19.7 Å². The monoisotopic (exact) mass is 243 g/mol. The van der Waals surface area contributed by atoms with Gasteiger partial charge in [-0.2, -0.15) is 0 Å². The molecule has 0 bridgehead atoms. The van der Waals surface area contributed by atoms with E-state index in [2.05, 4.69) is 6.07 Å². The molecule has 94 valence electrons. The SMILES string of the molecule is Cc1cc(F)cc(C)c1-c1cccc(C(C)N)c1. The van der Waals surface area contributed by atoms with Crippen molar-refractivity contribution in [3.63, 3.8) is 0 Å². The Hall–Kier alpha value is -1.67. The van der Waals surface area contributed by atoms with Gasteiger partial charge in [-0.05, 0) is 66.8 Å². The lowest BCUT2D eigenvalue weighted by molar-refractivity contribution is 0.625. The highest BCUT2D eigenvalue weighted by molar-refractivity contribution is 5.71. The molecule has 1 atom stereocenters. The molecule has 0 saturated carbocycles. The van der Waals surface area contributed by atoms with Crippen molar-refractivity contribution in [1.82, 2.24) is 0 Å². The van der Waals surface area contributed by atoms with Crippen molar-refractivity contribution in [2.45, 2.75) is 26.8 Å². The summed E-state index contributed by atoms with van der Waals surface area (Å²) in [5.41, 5.74) is 11.1. The van der Waals surface area contributed by atoms with Crippen LogP contribution < -0.4 is 5.73 Å². The summed E-state index contributed by atoms with van der Waals surface area (Å²) in [5, 5.41) is 0. The van der Waals surface area contributed by atoms with Crippen LogP contribution in [0.15, 0.2) is 36.4 Å². The van der Waals surface area contributed by atoms with E-state index in [1.807, 2.05) is 39.0 Å². The van der Waals surface area contributed by atoms with Crippen molar-refractivity contribution in [3.8, 4) is 11.1 Å². The average Bonchev–Trinajstić information content (AvgIpc) is 2.28. The quantitative estimate of drug-likeness (QED) is 0.843. The van der Waals surface area contributed by atoms with Crippen LogP contribution in [0.25, 0.3) is 11.1 Å². The maximum atomic E-state index is 13.3. The van der Waals surface area contributed by atoms with Gasteiger partial charge in [0.1, 0.15) is 5.82 Å². The summed E-state index contributed by atoms with van der Waals surface area (Å²) in [4.78, 5) is 0. The molecule has 2 N–H and O–H groups in total. The average molecular weight is 243 g/mol. The smallest absolute Gasteiger partial charge is 0.123 e. The topological polar surface area (TPSA) is 26.0 Å². The molecule has 0 saturated heterocycles. The summed E-state index contributed by atoms with van der Waals surface area (Å²) in [6.07, 6.45) is 0. The molecule has 0 aromatic heterocycles. The predicted octanol–water partition coefficient (Wildman–Crippen LogP) is 4.13.